The number of esters is 2. The Bertz CT molecular complexity index is 458. The number of methoxy groups -OCH3 is 2. The van der Waals surface area contributed by atoms with Gasteiger partial charge in [0.1, 0.15) is 0 Å². The van der Waals surface area contributed by atoms with E-state index in [4.69, 9.17) is 0 Å². The van der Waals surface area contributed by atoms with Gasteiger partial charge in [0.05, 0.1) is 20.3 Å². The number of carbonyl (C=O) groups excluding carboxylic acids is 2. The highest BCUT2D eigenvalue weighted by molar-refractivity contribution is 5.99. The quantitative estimate of drug-likeness (QED) is 0.454. The number of hydrogen-bond donors (Lipinski definition) is 0. The molecule has 20 heavy (non-hydrogen) atoms. The number of carbonyl (C=O) groups is 2. The summed E-state index contributed by atoms with van der Waals surface area (Å²) in [6.45, 7) is 10.2. The lowest BCUT2D eigenvalue weighted by atomic mass is 9.82. The second-order valence-electron chi connectivity index (χ2n) is 6.35. The van der Waals surface area contributed by atoms with Crippen LogP contribution in [0.15, 0.2) is 11.6 Å². The van der Waals surface area contributed by atoms with Gasteiger partial charge in [0.15, 0.2) is 5.57 Å². The van der Waals surface area contributed by atoms with E-state index in [1.807, 2.05) is 13.8 Å². The maximum Gasteiger partial charge on any atom is 0.353 e. The van der Waals surface area contributed by atoms with E-state index in [1.54, 1.807) is 0 Å². The zero-order chi connectivity index (χ0) is 16.0. The molecule has 0 aromatic heterocycles. The van der Waals surface area contributed by atoms with E-state index in [0.29, 0.717) is 0 Å². The van der Waals surface area contributed by atoms with Gasteiger partial charge in [0, 0.05) is 20.3 Å². The summed E-state index contributed by atoms with van der Waals surface area (Å²) in [5.41, 5.74) is -0.366. The number of rotatable bonds is 3. The molecule has 0 fully saturated rings. The fourth-order valence-corrected chi connectivity index (χ4v) is 1.97. The largest absolute Gasteiger partial charge is 0.466 e. The fourth-order valence-electron chi connectivity index (χ4n) is 1.97. The molecule has 0 amide bonds. The van der Waals surface area contributed by atoms with Crippen LogP contribution >= 0.6 is 0 Å². The number of ether oxygens (including phenoxy) is 2. The molecule has 0 unspecified atom stereocenters. The van der Waals surface area contributed by atoms with Crippen molar-refractivity contribution in [3.05, 3.63) is 16.5 Å². The standard InChI is InChI=1S/C15H24NO4/c1-14(2,3)10-15(4,5)16-9-11(13(18)20-7)8-12(17)19-6/h8H,10H2,1-7H3/q+1/b11-8-. The number of nitrogens with zero attached hydrogens (tertiary/aromatic N) is 1. The average molecular weight is 282 g/mol. The van der Waals surface area contributed by atoms with Crippen LogP contribution in [0.5, 0.6) is 0 Å². The third-order valence-electron chi connectivity index (χ3n) is 2.31. The zero-order valence-electron chi connectivity index (χ0n) is 13.4. The monoisotopic (exact) mass is 282 g/mol. The minimum atomic E-state index is -0.675. The molecule has 5 heteroatoms. The highest BCUT2D eigenvalue weighted by Gasteiger charge is 2.34. The summed E-state index contributed by atoms with van der Waals surface area (Å²) < 4.78 is 9.07. The van der Waals surface area contributed by atoms with E-state index in [9.17, 15) is 9.59 Å². The van der Waals surface area contributed by atoms with Crippen molar-refractivity contribution >= 4 is 11.9 Å². The van der Waals surface area contributed by atoms with Crippen LogP contribution in [0, 0.1) is 11.5 Å². The van der Waals surface area contributed by atoms with Crippen molar-refractivity contribution in [3.63, 3.8) is 0 Å². The molecule has 0 aromatic carbocycles. The Morgan fingerprint density at radius 3 is 2.05 bits per heavy atom. The van der Waals surface area contributed by atoms with E-state index < -0.39 is 17.5 Å². The van der Waals surface area contributed by atoms with Gasteiger partial charge in [-0.1, -0.05) is 25.6 Å². The molecule has 0 atom stereocenters. The Morgan fingerprint density at radius 1 is 1.10 bits per heavy atom. The smallest absolute Gasteiger partial charge is 0.353 e. The first-order valence-corrected chi connectivity index (χ1v) is 6.36. The van der Waals surface area contributed by atoms with Crippen molar-refractivity contribution in [2.75, 3.05) is 14.2 Å². The van der Waals surface area contributed by atoms with Crippen molar-refractivity contribution in [2.45, 2.75) is 46.6 Å². The predicted molar refractivity (Wildman–Crippen MR) is 77.5 cm³/mol. The lowest BCUT2D eigenvalue weighted by molar-refractivity contribution is -0.138. The van der Waals surface area contributed by atoms with Gasteiger partial charge >= 0.3 is 18.0 Å². The summed E-state index contributed by atoms with van der Waals surface area (Å²) in [4.78, 5) is 27.0. The van der Waals surface area contributed by atoms with Gasteiger partial charge < -0.3 is 9.47 Å². The molecule has 0 saturated carbocycles. The van der Waals surface area contributed by atoms with Gasteiger partial charge in [-0.2, -0.15) is 0 Å². The summed E-state index contributed by atoms with van der Waals surface area (Å²) in [5.74, 6) is -1.33. The Labute approximate surface area is 120 Å². The molecule has 0 radical (unpaired) electrons. The second-order valence-corrected chi connectivity index (χ2v) is 6.35. The van der Waals surface area contributed by atoms with Crippen molar-refractivity contribution in [2.24, 2.45) is 5.41 Å². The van der Waals surface area contributed by atoms with Crippen LogP contribution in [-0.4, -0.2) is 31.7 Å². The summed E-state index contributed by atoms with van der Waals surface area (Å²) in [7, 11) is 2.46. The van der Waals surface area contributed by atoms with E-state index in [0.717, 1.165) is 12.5 Å². The minimum absolute atomic E-state index is 0.0543. The molecule has 0 aromatic rings. The van der Waals surface area contributed by atoms with Crippen LogP contribution in [0.25, 0.3) is 4.85 Å². The van der Waals surface area contributed by atoms with Gasteiger partial charge in [0.2, 0.25) is 0 Å². The minimum Gasteiger partial charge on any atom is -0.466 e. The van der Waals surface area contributed by atoms with Crippen LogP contribution < -0.4 is 0 Å². The molecule has 0 heterocycles. The van der Waals surface area contributed by atoms with Crippen LogP contribution in [0.1, 0.15) is 41.0 Å². The van der Waals surface area contributed by atoms with Gasteiger partial charge in [0.25, 0.3) is 5.54 Å². The van der Waals surface area contributed by atoms with E-state index in [2.05, 4.69) is 41.2 Å². The molecule has 0 N–H and O–H groups in total. The molecule has 0 saturated heterocycles. The van der Waals surface area contributed by atoms with Crippen molar-refractivity contribution in [3.8, 4) is 6.07 Å². The van der Waals surface area contributed by atoms with Crippen molar-refractivity contribution in [1.29, 1.82) is 0 Å². The van der Waals surface area contributed by atoms with Crippen LogP contribution in [0.4, 0.5) is 0 Å². The van der Waals surface area contributed by atoms with E-state index >= 15 is 0 Å². The Hall–Kier alpha value is -1.83. The molecule has 112 valence electrons. The normalized spacial score (nSPS) is 12.2. The van der Waals surface area contributed by atoms with Crippen molar-refractivity contribution < 1.29 is 19.1 Å². The van der Waals surface area contributed by atoms with Crippen LogP contribution in [0.2, 0.25) is 0 Å². The third-order valence-corrected chi connectivity index (χ3v) is 2.31. The second kappa shape index (κ2) is 7.09. The zero-order valence-corrected chi connectivity index (χ0v) is 13.4. The maximum absolute atomic E-state index is 11.5. The Balaban J connectivity index is 5.29. The SMILES string of the molecule is COC(=O)/C=C(/C#[N+]C(C)(C)CC(C)(C)C)C(=O)OC. The predicted octanol–water partition coefficient (Wildman–Crippen LogP) is 2.81. The lowest BCUT2D eigenvalue weighted by Gasteiger charge is -2.20. The highest BCUT2D eigenvalue weighted by Crippen LogP contribution is 2.29. The van der Waals surface area contributed by atoms with Gasteiger partial charge in [-0.25, -0.2) is 9.59 Å². The highest BCUT2D eigenvalue weighted by atomic mass is 16.5. The number of hydrogen-bond acceptors (Lipinski definition) is 4. The van der Waals surface area contributed by atoms with Gasteiger partial charge in [-0.15, -0.1) is 0 Å². The molecule has 0 spiro atoms. The first kappa shape index (κ1) is 18.2. The van der Waals surface area contributed by atoms with Crippen LogP contribution in [0.3, 0.4) is 0 Å². The summed E-state index contributed by atoms with van der Waals surface area (Å²) in [6, 6.07) is 2.61. The van der Waals surface area contributed by atoms with Gasteiger partial charge in [-0.3, -0.25) is 0 Å². The van der Waals surface area contributed by atoms with Crippen molar-refractivity contribution in [1.82, 2.24) is 0 Å². The first-order chi connectivity index (χ1) is 9.00. The third kappa shape index (κ3) is 7.57. The molecule has 5 nitrogen and oxygen atoms in total. The average Bonchev–Trinajstić information content (AvgIpc) is 2.30. The summed E-state index contributed by atoms with van der Waals surface area (Å²) in [5, 5.41) is 0. The fraction of sp³-hybridized carbons (Fsp3) is 0.667. The molecule has 0 aliphatic rings. The molecule has 0 aliphatic carbocycles. The summed E-state index contributed by atoms with van der Waals surface area (Å²) >= 11 is 0. The molecule has 0 aliphatic heterocycles. The Morgan fingerprint density at radius 2 is 1.65 bits per heavy atom. The topological polar surface area (TPSA) is 57.0 Å². The van der Waals surface area contributed by atoms with E-state index in [-0.39, 0.29) is 11.0 Å². The van der Waals surface area contributed by atoms with E-state index in [1.165, 1.54) is 14.2 Å². The summed E-state index contributed by atoms with van der Waals surface area (Å²) in [6.07, 6.45) is 1.82. The molecular weight excluding hydrogens is 258 g/mol. The molecule has 0 bridgehead atoms. The molecular formula is C15H24NO4+. The maximum atomic E-state index is 11.5. The van der Waals surface area contributed by atoms with Crippen LogP contribution in [-0.2, 0) is 19.1 Å². The molecule has 0 rings (SSSR count). The first-order valence-electron chi connectivity index (χ1n) is 6.36. The van der Waals surface area contributed by atoms with Gasteiger partial charge in [-0.05, 0) is 5.41 Å². The lowest BCUT2D eigenvalue weighted by Crippen LogP contribution is -2.23. The Kier molecular flexibility index (Phi) is 6.44.